The Balaban J connectivity index is 1.35. The van der Waals surface area contributed by atoms with Gasteiger partial charge in [-0.15, -0.1) is 0 Å². The molecule has 0 bridgehead atoms. The van der Waals surface area contributed by atoms with Gasteiger partial charge in [-0.2, -0.15) is 9.78 Å². The predicted octanol–water partition coefficient (Wildman–Crippen LogP) is 3.94. The molecular formula is C27H28F2N6O2. The van der Waals surface area contributed by atoms with Crippen LogP contribution in [0.2, 0.25) is 0 Å². The van der Waals surface area contributed by atoms with E-state index in [1.807, 2.05) is 12.1 Å². The van der Waals surface area contributed by atoms with Crippen molar-refractivity contribution in [2.75, 3.05) is 41.9 Å². The van der Waals surface area contributed by atoms with Crippen LogP contribution in [0.1, 0.15) is 41.7 Å². The number of carbonyl (C=O) groups is 1. The van der Waals surface area contributed by atoms with Gasteiger partial charge in [0.15, 0.2) is 11.6 Å². The topological polar surface area (TPSA) is 73.7 Å². The maximum absolute atomic E-state index is 14.3. The highest BCUT2D eigenvalue weighted by atomic mass is 19.1. The Bertz CT molecular complexity index is 1410. The summed E-state index contributed by atoms with van der Waals surface area (Å²) in [4.78, 5) is 28.0. The number of rotatable bonds is 6. The molecule has 8 nitrogen and oxygen atoms in total. The van der Waals surface area contributed by atoms with Gasteiger partial charge in [-0.05, 0) is 61.9 Å². The van der Waals surface area contributed by atoms with Crippen LogP contribution in [0.5, 0.6) is 0 Å². The van der Waals surface area contributed by atoms with E-state index >= 15 is 0 Å². The average Bonchev–Trinajstić information content (AvgIpc) is 3.42. The van der Waals surface area contributed by atoms with Gasteiger partial charge in [0, 0.05) is 44.9 Å². The number of para-hydroxylation sites is 1. The van der Waals surface area contributed by atoms with Crippen molar-refractivity contribution in [3.05, 3.63) is 75.7 Å². The van der Waals surface area contributed by atoms with Gasteiger partial charge in [-0.3, -0.25) is 9.59 Å². The highest BCUT2D eigenvalue weighted by Gasteiger charge is 2.34. The highest BCUT2D eigenvalue weighted by Crippen LogP contribution is 2.44. The maximum atomic E-state index is 14.3. The molecule has 2 fully saturated rings. The minimum Gasteiger partial charge on any atom is -0.370 e. The van der Waals surface area contributed by atoms with Crippen molar-refractivity contribution in [2.45, 2.75) is 32.2 Å². The summed E-state index contributed by atoms with van der Waals surface area (Å²) >= 11 is 0. The minimum atomic E-state index is -0.943. The number of aromatic nitrogens is 2. The summed E-state index contributed by atoms with van der Waals surface area (Å²) in [5, 5.41) is 11.5. The number of hydrogen-bond donors (Lipinski definition) is 1. The average molecular weight is 507 g/mol. The summed E-state index contributed by atoms with van der Waals surface area (Å²) in [7, 11) is 2.09. The molecule has 0 spiro atoms. The number of anilines is 3. The van der Waals surface area contributed by atoms with Crippen molar-refractivity contribution >= 4 is 23.0 Å². The molecule has 37 heavy (non-hydrogen) atoms. The Morgan fingerprint density at radius 3 is 2.46 bits per heavy atom. The Morgan fingerprint density at radius 2 is 1.76 bits per heavy atom. The van der Waals surface area contributed by atoms with Crippen LogP contribution >= 0.6 is 0 Å². The van der Waals surface area contributed by atoms with E-state index in [0.29, 0.717) is 10.4 Å². The van der Waals surface area contributed by atoms with Gasteiger partial charge in [-0.1, -0.05) is 6.07 Å². The lowest BCUT2D eigenvalue weighted by atomic mass is 10.1. The first-order chi connectivity index (χ1) is 17.9. The summed E-state index contributed by atoms with van der Waals surface area (Å²) in [5.41, 5.74) is 2.52. The van der Waals surface area contributed by atoms with E-state index < -0.39 is 28.8 Å². The van der Waals surface area contributed by atoms with Crippen LogP contribution in [0.25, 0.3) is 5.69 Å². The molecule has 1 saturated carbocycles. The van der Waals surface area contributed by atoms with Crippen molar-refractivity contribution in [3.8, 4) is 5.69 Å². The normalized spacial score (nSPS) is 17.4. The molecule has 192 valence electrons. The lowest BCUT2D eigenvalue weighted by molar-refractivity contribution is 0.102. The van der Waals surface area contributed by atoms with E-state index in [-0.39, 0.29) is 5.69 Å². The molecule has 3 aliphatic rings. The van der Waals surface area contributed by atoms with Gasteiger partial charge < -0.3 is 15.2 Å². The number of benzene rings is 2. The van der Waals surface area contributed by atoms with E-state index in [1.165, 1.54) is 30.5 Å². The standard InChI is InChI=1S/C27H28F2N6O2/c1-32-16-18-23(34(32)15-17-7-8-17)11-9-21(25(18)33-13-2-3-14-33)30-27(37)22-10-12-24(36)35(31-22)26-19(28)5-4-6-20(26)29/h4-6,9-12,17H,2-3,7-8,13-16H2,1H3,(H,30,37). The summed E-state index contributed by atoms with van der Waals surface area (Å²) in [6.45, 7) is 3.54. The highest BCUT2D eigenvalue weighted by molar-refractivity contribution is 6.05. The number of nitrogens with zero attached hydrogens (tertiary/aromatic N) is 5. The molecule has 0 atom stereocenters. The largest absolute Gasteiger partial charge is 0.370 e. The number of hydrazine groups is 1. The lowest BCUT2D eigenvalue weighted by Crippen LogP contribution is -2.35. The van der Waals surface area contributed by atoms with Crippen LogP contribution in [0.3, 0.4) is 0 Å². The molecular weight excluding hydrogens is 478 g/mol. The molecule has 2 aromatic carbocycles. The molecule has 1 aromatic heterocycles. The molecule has 1 amide bonds. The molecule has 1 saturated heterocycles. The molecule has 2 aliphatic heterocycles. The molecule has 1 N–H and O–H groups in total. The molecule has 1 aliphatic carbocycles. The SMILES string of the molecule is CN1Cc2c(ccc(NC(=O)c3ccc(=O)n(-c4c(F)cccc4F)n3)c2N2CCCC2)N1CC1CC1. The second kappa shape index (κ2) is 9.26. The molecule has 0 radical (unpaired) electrons. The third-order valence-electron chi connectivity index (χ3n) is 7.32. The fraction of sp³-hybridized carbons (Fsp3) is 0.370. The fourth-order valence-electron chi connectivity index (χ4n) is 5.28. The third kappa shape index (κ3) is 4.35. The van der Waals surface area contributed by atoms with Crippen molar-refractivity contribution < 1.29 is 13.6 Å². The summed E-state index contributed by atoms with van der Waals surface area (Å²) in [6, 6.07) is 9.58. The molecule has 10 heteroatoms. The van der Waals surface area contributed by atoms with Crippen molar-refractivity contribution in [1.82, 2.24) is 14.8 Å². The van der Waals surface area contributed by atoms with Crippen LogP contribution in [0.15, 0.2) is 47.3 Å². The van der Waals surface area contributed by atoms with E-state index in [0.717, 1.165) is 74.5 Å². The zero-order chi connectivity index (χ0) is 25.7. The third-order valence-corrected chi connectivity index (χ3v) is 7.32. The second-order valence-corrected chi connectivity index (χ2v) is 9.99. The number of fused-ring (bicyclic) bond motifs is 1. The van der Waals surface area contributed by atoms with Crippen LogP contribution in [0, 0.1) is 17.6 Å². The molecule has 3 aromatic rings. The van der Waals surface area contributed by atoms with Crippen molar-refractivity contribution in [1.29, 1.82) is 0 Å². The second-order valence-electron chi connectivity index (χ2n) is 9.99. The zero-order valence-corrected chi connectivity index (χ0v) is 20.6. The van der Waals surface area contributed by atoms with Gasteiger partial charge in [0.2, 0.25) is 0 Å². The Hall–Kier alpha value is -3.79. The number of nitrogens with one attached hydrogen (secondary N) is 1. The smallest absolute Gasteiger partial charge is 0.276 e. The lowest BCUT2D eigenvalue weighted by Gasteiger charge is -2.27. The summed E-state index contributed by atoms with van der Waals surface area (Å²) < 4.78 is 29.3. The number of hydrogen-bond acceptors (Lipinski definition) is 6. The Morgan fingerprint density at radius 1 is 1.03 bits per heavy atom. The van der Waals surface area contributed by atoms with E-state index in [4.69, 9.17) is 0 Å². The van der Waals surface area contributed by atoms with Crippen LogP contribution in [-0.4, -0.2) is 47.4 Å². The quantitative estimate of drug-likeness (QED) is 0.546. The zero-order valence-electron chi connectivity index (χ0n) is 20.6. The monoisotopic (exact) mass is 506 g/mol. The summed E-state index contributed by atoms with van der Waals surface area (Å²) in [5.74, 6) is -1.72. The number of carbonyl (C=O) groups excluding carboxylic acids is 1. The Kier molecular flexibility index (Phi) is 5.91. The number of amides is 1. The first-order valence-electron chi connectivity index (χ1n) is 12.7. The Labute approximate surface area is 213 Å². The maximum Gasteiger partial charge on any atom is 0.276 e. The molecule has 6 rings (SSSR count). The van der Waals surface area contributed by atoms with E-state index in [9.17, 15) is 18.4 Å². The minimum absolute atomic E-state index is 0.123. The molecule has 0 unspecified atom stereocenters. The predicted molar refractivity (Wildman–Crippen MR) is 137 cm³/mol. The summed E-state index contributed by atoms with van der Waals surface area (Å²) in [6.07, 6.45) is 4.69. The van der Waals surface area contributed by atoms with Crippen LogP contribution in [-0.2, 0) is 6.54 Å². The van der Waals surface area contributed by atoms with Crippen molar-refractivity contribution in [2.24, 2.45) is 5.92 Å². The van der Waals surface area contributed by atoms with E-state index in [1.54, 1.807) is 0 Å². The fourth-order valence-corrected chi connectivity index (χ4v) is 5.28. The molecule has 3 heterocycles. The van der Waals surface area contributed by atoms with Crippen molar-refractivity contribution in [3.63, 3.8) is 0 Å². The van der Waals surface area contributed by atoms with Gasteiger partial charge in [0.25, 0.3) is 11.5 Å². The first kappa shape index (κ1) is 23.6. The first-order valence-corrected chi connectivity index (χ1v) is 12.7. The van der Waals surface area contributed by atoms with Gasteiger partial charge in [0.05, 0.1) is 17.1 Å². The number of halogens is 2. The van der Waals surface area contributed by atoms with Gasteiger partial charge in [0.1, 0.15) is 11.4 Å². The van der Waals surface area contributed by atoms with Crippen LogP contribution < -0.4 is 20.8 Å². The van der Waals surface area contributed by atoms with Crippen LogP contribution in [0.4, 0.5) is 25.8 Å². The van der Waals surface area contributed by atoms with Gasteiger partial charge in [-0.25, -0.2) is 13.8 Å². The van der Waals surface area contributed by atoms with E-state index in [2.05, 4.69) is 32.4 Å². The van der Waals surface area contributed by atoms with Gasteiger partial charge >= 0.3 is 0 Å².